The van der Waals surface area contributed by atoms with Crippen molar-refractivity contribution < 1.29 is 4.79 Å². The van der Waals surface area contributed by atoms with Crippen LogP contribution in [0.2, 0.25) is 0 Å². The van der Waals surface area contributed by atoms with E-state index in [-0.39, 0.29) is 5.91 Å². The number of nitrogens with one attached hydrogen (secondary N) is 1. The predicted octanol–water partition coefficient (Wildman–Crippen LogP) is 0.0586. The maximum atomic E-state index is 11.0. The van der Waals surface area contributed by atoms with Gasteiger partial charge in [0.25, 0.3) is 0 Å². The average Bonchev–Trinajstić information content (AvgIpc) is 2.47. The molecule has 13 heavy (non-hydrogen) atoms. The second-order valence-electron chi connectivity index (χ2n) is 2.63. The van der Waals surface area contributed by atoms with E-state index in [1.54, 1.807) is 18.7 Å². The molecule has 1 N–H and O–H groups in total. The number of alkyl halides is 1. The molecule has 1 atom stereocenters. The summed E-state index contributed by atoms with van der Waals surface area (Å²) in [4.78, 5) is 15.0. The monoisotopic (exact) mass is 202 g/mol. The highest BCUT2D eigenvalue weighted by atomic mass is 35.5. The Labute approximate surface area is 81.1 Å². The van der Waals surface area contributed by atoms with Crippen LogP contribution in [0.25, 0.3) is 0 Å². The van der Waals surface area contributed by atoms with E-state index in [9.17, 15) is 4.79 Å². The van der Waals surface area contributed by atoms with Crippen molar-refractivity contribution in [2.75, 3.05) is 0 Å². The second kappa shape index (κ2) is 4.23. The lowest BCUT2D eigenvalue weighted by Gasteiger charge is -2.04. The molecule has 6 heteroatoms. The standard InChI is InChI=1S/C7H11ClN4O/c1-5(8)7(13)9-3-6-10-4-11-12(6)2/h4-5H,3H2,1-2H3,(H,9,13). The molecule has 0 aromatic carbocycles. The Morgan fingerprint density at radius 2 is 2.54 bits per heavy atom. The summed E-state index contributed by atoms with van der Waals surface area (Å²) in [5.41, 5.74) is 0. The van der Waals surface area contributed by atoms with Crippen LogP contribution in [-0.4, -0.2) is 26.0 Å². The highest BCUT2D eigenvalue weighted by Crippen LogP contribution is 1.94. The van der Waals surface area contributed by atoms with Gasteiger partial charge in [-0.05, 0) is 6.92 Å². The van der Waals surface area contributed by atoms with Crippen molar-refractivity contribution in [3.05, 3.63) is 12.2 Å². The van der Waals surface area contributed by atoms with Crippen LogP contribution in [0.4, 0.5) is 0 Å². The Morgan fingerprint density at radius 1 is 1.85 bits per heavy atom. The number of aryl methyl sites for hydroxylation is 1. The zero-order valence-electron chi connectivity index (χ0n) is 7.49. The lowest BCUT2D eigenvalue weighted by molar-refractivity contribution is -0.120. The van der Waals surface area contributed by atoms with Gasteiger partial charge in [0, 0.05) is 7.05 Å². The first-order valence-corrected chi connectivity index (χ1v) is 4.29. The summed E-state index contributed by atoms with van der Waals surface area (Å²) in [7, 11) is 1.76. The largest absolute Gasteiger partial charge is 0.348 e. The Balaban J connectivity index is 2.44. The number of hydrogen-bond donors (Lipinski definition) is 1. The van der Waals surface area contributed by atoms with Crippen molar-refractivity contribution in [1.29, 1.82) is 0 Å². The van der Waals surface area contributed by atoms with E-state index in [4.69, 9.17) is 11.6 Å². The van der Waals surface area contributed by atoms with Gasteiger partial charge >= 0.3 is 0 Å². The third-order valence-corrected chi connectivity index (χ3v) is 1.79. The topological polar surface area (TPSA) is 59.8 Å². The molecular formula is C7H11ClN4O. The smallest absolute Gasteiger partial charge is 0.238 e. The Hall–Kier alpha value is -1.10. The minimum Gasteiger partial charge on any atom is -0.348 e. The van der Waals surface area contributed by atoms with Gasteiger partial charge in [0.05, 0.1) is 6.54 Å². The summed E-state index contributed by atoms with van der Waals surface area (Å²) in [5.74, 6) is 0.496. The van der Waals surface area contributed by atoms with E-state index in [0.29, 0.717) is 12.4 Å². The van der Waals surface area contributed by atoms with Crippen LogP contribution in [0, 0.1) is 0 Å². The molecule has 1 amide bonds. The molecule has 0 spiro atoms. The van der Waals surface area contributed by atoms with E-state index in [0.717, 1.165) is 0 Å². The van der Waals surface area contributed by atoms with Gasteiger partial charge in [-0.15, -0.1) is 11.6 Å². The maximum absolute atomic E-state index is 11.0. The molecule has 1 unspecified atom stereocenters. The molecule has 1 heterocycles. The second-order valence-corrected chi connectivity index (χ2v) is 3.29. The Bertz CT molecular complexity index is 296. The van der Waals surface area contributed by atoms with E-state index in [1.165, 1.54) is 6.33 Å². The number of rotatable bonds is 3. The van der Waals surface area contributed by atoms with Gasteiger partial charge in [0.2, 0.25) is 5.91 Å². The van der Waals surface area contributed by atoms with Crippen LogP contribution in [0.5, 0.6) is 0 Å². The zero-order valence-corrected chi connectivity index (χ0v) is 8.25. The third-order valence-electron chi connectivity index (χ3n) is 1.59. The number of hydrogen-bond acceptors (Lipinski definition) is 3. The maximum Gasteiger partial charge on any atom is 0.238 e. The molecule has 1 aromatic heterocycles. The van der Waals surface area contributed by atoms with Crippen molar-refractivity contribution >= 4 is 17.5 Å². The molecule has 0 aliphatic rings. The van der Waals surface area contributed by atoms with Crippen molar-refractivity contribution in [2.24, 2.45) is 7.05 Å². The third kappa shape index (κ3) is 2.69. The highest BCUT2D eigenvalue weighted by molar-refractivity contribution is 6.30. The lowest BCUT2D eigenvalue weighted by atomic mass is 10.4. The van der Waals surface area contributed by atoms with Crippen molar-refractivity contribution in [2.45, 2.75) is 18.8 Å². The summed E-state index contributed by atoms with van der Waals surface area (Å²) >= 11 is 5.55. The van der Waals surface area contributed by atoms with Crippen molar-refractivity contribution in [3.8, 4) is 0 Å². The predicted molar refractivity (Wildman–Crippen MR) is 48.2 cm³/mol. The van der Waals surface area contributed by atoms with Gasteiger partial charge in [0.1, 0.15) is 17.5 Å². The number of carbonyl (C=O) groups excluding carboxylic acids is 1. The van der Waals surface area contributed by atoms with Crippen LogP contribution >= 0.6 is 11.6 Å². The van der Waals surface area contributed by atoms with Crippen LogP contribution in [0.15, 0.2) is 6.33 Å². The summed E-state index contributed by atoms with van der Waals surface area (Å²) in [6, 6.07) is 0. The van der Waals surface area contributed by atoms with Crippen molar-refractivity contribution in [1.82, 2.24) is 20.1 Å². The van der Waals surface area contributed by atoms with Gasteiger partial charge in [-0.25, -0.2) is 4.98 Å². The highest BCUT2D eigenvalue weighted by Gasteiger charge is 2.09. The molecule has 0 fully saturated rings. The molecule has 0 saturated carbocycles. The van der Waals surface area contributed by atoms with Gasteiger partial charge in [0.15, 0.2) is 0 Å². The van der Waals surface area contributed by atoms with Gasteiger partial charge in [-0.2, -0.15) is 5.10 Å². The number of amides is 1. The molecule has 5 nitrogen and oxygen atoms in total. The molecule has 0 bridgehead atoms. The molecule has 0 aliphatic heterocycles. The summed E-state index contributed by atoms with van der Waals surface area (Å²) < 4.78 is 1.60. The van der Waals surface area contributed by atoms with E-state index in [2.05, 4.69) is 15.4 Å². The summed E-state index contributed by atoms with van der Waals surface area (Å²) in [6.07, 6.45) is 1.44. The number of carbonyl (C=O) groups is 1. The summed E-state index contributed by atoms with van der Waals surface area (Å²) in [6.45, 7) is 1.97. The molecule has 0 aliphatic carbocycles. The lowest BCUT2D eigenvalue weighted by Crippen LogP contribution is -2.30. The molecule has 72 valence electrons. The Morgan fingerprint density at radius 3 is 3.00 bits per heavy atom. The quantitative estimate of drug-likeness (QED) is 0.706. The minimum atomic E-state index is -0.520. The molecule has 0 saturated heterocycles. The van der Waals surface area contributed by atoms with Gasteiger partial charge in [-0.1, -0.05) is 0 Å². The molecule has 0 radical (unpaired) electrons. The van der Waals surface area contributed by atoms with E-state index < -0.39 is 5.38 Å². The summed E-state index contributed by atoms with van der Waals surface area (Å²) in [5, 5.41) is 5.97. The molecular weight excluding hydrogens is 192 g/mol. The number of nitrogens with zero attached hydrogens (tertiary/aromatic N) is 3. The molecule has 1 rings (SSSR count). The van der Waals surface area contributed by atoms with Gasteiger partial charge in [-0.3, -0.25) is 9.48 Å². The first kappa shape index (κ1) is 9.98. The van der Waals surface area contributed by atoms with Crippen LogP contribution in [-0.2, 0) is 18.4 Å². The Kier molecular flexibility index (Phi) is 3.25. The van der Waals surface area contributed by atoms with Crippen LogP contribution in [0.3, 0.4) is 0 Å². The average molecular weight is 203 g/mol. The fourth-order valence-corrected chi connectivity index (χ4v) is 0.864. The number of aromatic nitrogens is 3. The van der Waals surface area contributed by atoms with Crippen LogP contribution < -0.4 is 5.32 Å². The van der Waals surface area contributed by atoms with E-state index in [1.807, 2.05) is 0 Å². The normalized spacial score (nSPS) is 12.5. The van der Waals surface area contributed by atoms with Crippen LogP contribution in [0.1, 0.15) is 12.7 Å². The number of halogens is 1. The first-order chi connectivity index (χ1) is 6.11. The SMILES string of the molecule is CC(Cl)C(=O)NCc1ncnn1C. The first-order valence-electron chi connectivity index (χ1n) is 3.86. The zero-order chi connectivity index (χ0) is 9.84. The molecule has 1 aromatic rings. The minimum absolute atomic E-state index is 0.204. The van der Waals surface area contributed by atoms with Crippen molar-refractivity contribution in [3.63, 3.8) is 0 Å². The fourth-order valence-electron chi connectivity index (χ4n) is 0.787. The van der Waals surface area contributed by atoms with Gasteiger partial charge < -0.3 is 5.32 Å². The van der Waals surface area contributed by atoms with E-state index >= 15 is 0 Å². The fraction of sp³-hybridized carbons (Fsp3) is 0.571.